The van der Waals surface area contributed by atoms with Gasteiger partial charge in [-0.25, -0.2) is 0 Å². The van der Waals surface area contributed by atoms with E-state index in [1.54, 1.807) is 6.07 Å². The molecular formula is C13H14O3S. The molecular weight excluding hydrogens is 236 g/mol. The summed E-state index contributed by atoms with van der Waals surface area (Å²) in [5.74, 6) is 0. The molecule has 0 aliphatic heterocycles. The maximum absolute atomic E-state index is 11.0. The Labute approximate surface area is 101 Å². The summed E-state index contributed by atoms with van der Waals surface area (Å²) in [6.45, 7) is 2.10. The van der Waals surface area contributed by atoms with E-state index in [0.29, 0.717) is 0 Å². The summed E-state index contributed by atoms with van der Waals surface area (Å²) in [7, 11) is -4.12. The van der Waals surface area contributed by atoms with Crippen molar-refractivity contribution in [3.63, 3.8) is 0 Å². The Morgan fingerprint density at radius 1 is 1.06 bits per heavy atom. The Balaban J connectivity index is 2.58. The molecule has 0 saturated heterocycles. The summed E-state index contributed by atoms with van der Waals surface area (Å²) < 4.78 is 31.1. The van der Waals surface area contributed by atoms with E-state index in [-0.39, 0.29) is 4.90 Å². The van der Waals surface area contributed by atoms with Gasteiger partial charge < -0.3 is 0 Å². The molecule has 0 fully saturated rings. The van der Waals surface area contributed by atoms with Gasteiger partial charge in [0.15, 0.2) is 0 Å². The predicted octanol–water partition coefficient (Wildman–Crippen LogP) is 3.04. The van der Waals surface area contributed by atoms with Crippen LogP contribution >= 0.6 is 0 Å². The van der Waals surface area contributed by atoms with E-state index in [1.165, 1.54) is 17.7 Å². The molecule has 0 unspecified atom stereocenters. The molecule has 17 heavy (non-hydrogen) atoms. The van der Waals surface area contributed by atoms with E-state index in [9.17, 15) is 8.42 Å². The molecule has 0 aromatic heterocycles. The van der Waals surface area contributed by atoms with E-state index < -0.39 is 10.1 Å². The maximum Gasteiger partial charge on any atom is 0.294 e. The van der Waals surface area contributed by atoms with Crippen LogP contribution in [0.2, 0.25) is 0 Å². The van der Waals surface area contributed by atoms with Gasteiger partial charge in [0.05, 0.1) is 4.90 Å². The van der Waals surface area contributed by atoms with Gasteiger partial charge in [-0.15, -0.1) is 0 Å². The molecule has 1 N–H and O–H groups in total. The van der Waals surface area contributed by atoms with Gasteiger partial charge in [0.25, 0.3) is 10.1 Å². The van der Waals surface area contributed by atoms with Crippen LogP contribution in [0.4, 0.5) is 0 Å². The normalized spacial score (nSPS) is 11.9. The summed E-state index contributed by atoms with van der Waals surface area (Å²) in [5, 5.41) is 1.81. The molecule has 0 aliphatic carbocycles. The van der Waals surface area contributed by atoms with Crippen LogP contribution in [0.1, 0.15) is 18.9 Å². The highest BCUT2D eigenvalue weighted by Crippen LogP contribution is 2.21. The van der Waals surface area contributed by atoms with Crippen LogP contribution in [-0.2, 0) is 16.5 Å². The highest BCUT2D eigenvalue weighted by atomic mass is 32.2. The topological polar surface area (TPSA) is 54.4 Å². The number of fused-ring (bicyclic) bond motifs is 1. The van der Waals surface area contributed by atoms with Crippen molar-refractivity contribution in [2.24, 2.45) is 0 Å². The highest BCUT2D eigenvalue weighted by molar-refractivity contribution is 7.85. The van der Waals surface area contributed by atoms with Gasteiger partial charge in [0.1, 0.15) is 0 Å². The SMILES string of the molecule is CCCc1ccc2ccc(S(=O)(=O)O)cc2c1. The van der Waals surface area contributed by atoms with Crippen LogP contribution in [-0.4, -0.2) is 13.0 Å². The first kappa shape index (κ1) is 12.1. The van der Waals surface area contributed by atoms with E-state index in [0.717, 1.165) is 23.6 Å². The van der Waals surface area contributed by atoms with Gasteiger partial charge in [-0.2, -0.15) is 8.42 Å². The summed E-state index contributed by atoms with van der Waals surface area (Å²) in [6, 6.07) is 10.6. The zero-order valence-electron chi connectivity index (χ0n) is 9.55. The molecule has 0 amide bonds. The lowest BCUT2D eigenvalue weighted by Crippen LogP contribution is -1.97. The Morgan fingerprint density at radius 3 is 2.41 bits per heavy atom. The summed E-state index contributed by atoms with van der Waals surface area (Å²) in [6.07, 6.45) is 2.01. The molecule has 4 heteroatoms. The van der Waals surface area contributed by atoms with E-state index in [1.807, 2.05) is 18.2 Å². The first-order valence-electron chi connectivity index (χ1n) is 5.51. The zero-order valence-corrected chi connectivity index (χ0v) is 10.4. The fourth-order valence-corrected chi connectivity index (χ4v) is 2.39. The van der Waals surface area contributed by atoms with Crippen molar-refractivity contribution in [2.75, 3.05) is 0 Å². The van der Waals surface area contributed by atoms with Gasteiger partial charge >= 0.3 is 0 Å². The van der Waals surface area contributed by atoms with Gasteiger partial charge in [0, 0.05) is 0 Å². The summed E-state index contributed by atoms with van der Waals surface area (Å²) in [5.41, 5.74) is 1.17. The smallest absolute Gasteiger partial charge is 0.282 e. The predicted molar refractivity (Wildman–Crippen MR) is 67.8 cm³/mol. The van der Waals surface area contributed by atoms with Gasteiger partial charge in [0.2, 0.25) is 0 Å². The average Bonchev–Trinajstić information content (AvgIpc) is 2.27. The van der Waals surface area contributed by atoms with Crippen molar-refractivity contribution in [3.05, 3.63) is 42.0 Å². The molecule has 0 heterocycles. The maximum atomic E-state index is 11.0. The van der Waals surface area contributed by atoms with Crippen LogP contribution in [0, 0.1) is 0 Å². The second-order valence-corrected chi connectivity index (χ2v) is 5.49. The molecule has 3 nitrogen and oxygen atoms in total. The molecule has 2 aromatic rings. The lowest BCUT2D eigenvalue weighted by atomic mass is 10.0. The minimum Gasteiger partial charge on any atom is -0.282 e. The fourth-order valence-electron chi connectivity index (χ4n) is 1.88. The van der Waals surface area contributed by atoms with Crippen LogP contribution in [0.5, 0.6) is 0 Å². The second-order valence-electron chi connectivity index (χ2n) is 4.07. The Morgan fingerprint density at radius 2 is 1.76 bits per heavy atom. The molecule has 90 valence electrons. The van der Waals surface area contributed by atoms with Crippen LogP contribution in [0.15, 0.2) is 41.3 Å². The Kier molecular flexibility index (Phi) is 3.17. The molecule has 0 aliphatic rings. The lowest BCUT2D eigenvalue weighted by molar-refractivity contribution is 0.483. The van der Waals surface area contributed by atoms with E-state index in [4.69, 9.17) is 4.55 Å². The van der Waals surface area contributed by atoms with Crippen molar-refractivity contribution in [3.8, 4) is 0 Å². The minimum absolute atomic E-state index is 0.0568. The minimum atomic E-state index is -4.12. The van der Waals surface area contributed by atoms with Crippen molar-refractivity contribution in [1.29, 1.82) is 0 Å². The standard InChI is InChI=1S/C13H14O3S/c1-2-3-10-4-5-11-6-7-13(17(14,15)16)9-12(11)8-10/h4-9H,2-3H2,1H3,(H,14,15,16). The molecule has 0 saturated carbocycles. The molecule has 2 aromatic carbocycles. The largest absolute Gasteiger partial charge is 0.294 e. The van der Waals surface area contributed by atoms with Crippen LogP contribution < -0.4 is 0 Å². The van der Waals surface area contributed by atoms with Crippen molar-refractivity contribution in [2.45, 2.75) is 24.7 Å². The molecule has 0 radical (unpaired) electrons. The zero-order chi connectivity index (χ0) is 12.5. The van der Waals surface area contributed by atoms with Crippen LogP contribution in [0.3, 0.4) is 0 Å². The number of aryl methyl sites for hydroxylation is 1. The molecule has 0 atom stereocenters. The van der Waals surface area contributed by atoms with Crippen molar-refractivity contribution >= 4 is 20.9 Å². The van der Waals surface area contributed by atoms with E-state index in [2.05, 4.69) is 6.92 Å². The fraction of sp³-hybridized carbons (Fsp3) is 0.231. The Hall–Kier alpha value is -1.39. The third-order valence-corrected chi connectivity index (χ3v) is 3.56. The van der Waals surface area contributed by atoms with Crippen molar-refractivity contribution < 1.29 is 13.0 Å². The quantitative estimate of drug-likeness (QED) is 0.852. The molecule has 0 bridgehead atoms. The number of hydrogen-bond acceptors (Lipinski definition) is 2. The van der Waals surface area contributed by atoms with Crippen molar-refractivity contribution in [1.82, 2.24) is 0 Å². The van der Waals surface area contributed by atoms with Gasteiger partial charge in [-0.1, -0.05) is 37.6 Å². The highest BCUT2D eigenvalue weighted by Gasteiger charge is 2.09. The first-order chi connectivity index (χ1) is 8.00. The summed E-state index contributed by atoms with van der Waals surface area (Å²) >= 11 is 0. The summed E-state index contributed by atoms with van der Waals surface area (Å²) in [4.78, 5) is -0.0568. The molecule has 0 spiro atoms. The average molecular weight is 250 g/mol. The third kappa shape index (κ3) is 2.65. The van der Waals surface area contributed by atoms with Gasteiger partial charge in [-0.3, -0.25) is 4.55 Å². The Bertz CT molecular complexity index is 645. The van der Waals surface area contributed by atoms with Gasteiger partial charge in [-0.05, 0) is 34.9 Å². The monoisotopic (exact) mass is 250 g/mol. The molecule has 2 rings (SSSR count). The van der Waals surface area contributed by atoms with E-state index >= 15 is 0 Å². The number of benzene rings is 2. The number of hydrogen-bond donors (Lipinski definition) is 1. The second kappa shape index (κ2) is 4.47. The first-order valence-corrected chi connectivity index (χ1v) is 6.95. The third-order valence-electron chi connectivity index (χ3n) is 2.71. The lowest BCUT2D eigenvalue weighted by Gasteiger charge is -2.04. The van der Waals surface area contributed by atoms with Crippen LogP contribution in [0.25, 0.3) is 10.8 Å². The number of rotatable bonds is 3.